The molecule has 1 fully saturated rings. The van der Waals surface area contributed by atoms with Crippen LogP contribution < -0.4 is 11.1 Å². The third-order valence-electron chi connectivity index (χ3n) is 3.36. The number of hydrogen-bond acceptors (Lipinski definition) is 3. The van der Waals surface area contributed by atoms with Crippen molar-refractivity contribution in [2.45, 2.75) is 19.5 Å². The third-order valence-corrected chi connectivity index (χ3v) is 3.36. The summed E-state index contributed by atoms with van der Waals surface area (Å²) in [6.07, 6.45) is 3.94. The number of rotatable bonds is 4. The van der Waals surface area contributed by atoms with Crippen molar-refractivity contribution in [2.24, 2.45) is 11.1 Å². The molecule has 0 radical (unpaired) electrons. The minimum absolute atomic E-state index is 0.0188. The van der Waals surface area contributed by atoms with Crippen LogP contribution in [0.4, 0.5) is 0 Å². The summed E-state index contributed by atoms with van der Waals surface area (Å²) in [6, 6.07) is 3.71. The van der Waals surface area contributed by atoms with E-state index in [9.17, 15) is 4.79 Å². The molecule has 2 heterocycles. The minimum Gasteiger partial charge on any atom is -0.379 e. The van der Waals surface area contributed by atoms with Crippen LogP contribution in [0.3, 0.4) is 0 Å². The van der Waals surface area contributed by atoms with E-state index in [0.29, 0.717) is 19.8 Å². The number of nitrogens with one attached hydrogen (secondary N) is 1. The number of nitrogens with zero attached hydrogens (tertiary/aromatic N) is 1. The number of aromatic nitrogens is 1. The number of carbonyl (C=O) groups is 1. The highest BCUT2D eigenvalue weighted by Gasteiger charge is 2.44. The Balaban J connectivity index is 1.81. The van der Waals surface area contributed by atoms with Crippen LogP contribution in [0.15, 0.2) is 24.5 Å². The van der Waals surface area contributed by atoms with Crippen molar-refractivity contribution >= 4 is 5.91 Å². The molecule has 1 aliphatic rings. The normalized spacial score (nSPS) is 28.2. The topological polar surface area (TPSA) is 69.3 Å². The Labute approximate surface area is 101 Å². The van der Waals surface area contributed by atoms with Crippen molar-refractivity contribution in [1.29, 1.82) is 0 Å². The smallest absolute Gasteiger partial charge is 0.230 e. The zero-order valence-electron chi connectivity index (χ0n) is 10.1. The SMILES string of the molecule is CC1(C(=O)NCCn2cccc2)COCC1N. The lowest BCUT2D eigenvalue weighted by atomic mass is 9.85. The maximum atomic E-state index is 12.0. The zero-order valence-corrected chi connectivity index (χ0v) is 10.1. The van der Waals surface area contributed by atoms with Gasteiger partial charge in [0.1, 0.15) is 0 Å². The summed E-state index contributed by atoms with van der Waals surface area (Å²) in [6.45, 7) is 4.10. The largest absolute Gasteiger partial charge is 0.379 e. The fourth-order valence-electron chi connectivity index (χ4n) is 1.94. The molecule has 0 bridgehead atoms. The highest BCUT2D eigenvalue weighted by atomic mass is 16.5. The fourth-order valence-corrected chi connectivity index (χ4v) is 1.94. The summed E-state index contributed by atoms with van der Waals surface area (Å²) in [4.78, 5) is 12.0. The Kier molecular flexibility index (Phi) is 3.49. The molecule has 1 saturated heterocycles. The van der Waals surface area contributed by atoms with Gasteiger partial charge in [-0.25, -0.2) is 0 Å². The van der Waals surface area contributed by atoms with Gasteiger partial charge >= 0.3 is 0 Å². The summed E-state index contributed by atoms with van der Waals surface area (Å²) in [7, 11) is 0. The molecule has 0 aliphatic carbocycles. The lowest BCUT2D eigenvalue weighted by molar-refractivity contribution is -0.130. The first-order chi connectivity index (χ1) is 8.13. The molecule has 2 atom stereocenters. The maximum Gasteiger partial charge on any atom is 0.230 e. The van der Waals surface area contributed by atoms with Crippen molar-refractivity contribution in [1.82, 2.24) is 9.88 Å². The lowest BCUT2D eigenvalue weighted by Crippen LogP contribution is -2.50. The van der Waals surface area contributed by atoms with Crippen molar-refractivity contribution in [3.8, 4) is 0 Å². The van der Waals surface area contributed by atoms with E-state index in [1.165, 1.54) is 0 Å². The van der Waals surface area contributed by atoms with E-state index in [0.717, 1.165) is 6.54 Å². The van der Waals surface area contributed by atoms with Gasteiger partial charge in [-0.15, -0.1) is 0 Å². The zero-order chi connectivity index (χ0) is 12.3. The number of ether oxygens (including phenoxy) is 1. The highest BCUT2D eigenvalue weighted by molar-refractivity contribution is 5.83. The van der Waals surface area contributed by atoms with Gasteiger partial charge in [0.25, 0.3) is 0 Å². The number of carbonyl (C=O) groups excluding carboxylic acids is 1. The standard InChI is InChI=1S/C12H19N3O2/c1-12(9-17-8-10(12)13)11(16)14-4-7-15-5-2-3-6-15/h2-3,5-6,10H,4,7-9,13H2,1H3,(H,14,16). The first kappa shape index (κ1) is 12.1. The van der Waals surface area contributed by atoms with Crippen LogP contribution in [-0.2, 0) is 16.1 Å². The van der Waals surface area contributed by atoms with E-state index in [2.05, 4.69) is 5.32 Å². The van der Waals surface area contributed by atoms with E-state index < -0.39 is 5.41 Å². The first-order valence-corrected chi connectivity index (χ1v) is 5.85. The Morgan fingerprint density at radius 1 is 1.59 bits per heavy atom. The van der Waals surface area contributed by atoms with Gasteiger partial charge in [0.15, 0.2) is 0 Å². The number of hydrogen-bond donors (Lipinski definition) is 2. The van der Waals surface area contributed by atoms with Gasteiger partial charge in [-0.05, 0) is 19.1 Å². The molecule has 3 N–H and O–H groups in total. The minimum atomic E-state index is -0.587. The predicted octanol–water partition coefficient (Wildman–Crippen LogP) is -0.0319. The van der Waals surface area contributed by atoms with Crippen LogP contribution in [0.25, 0.3) is 0 Å². The molecule has 2 unspecified atom stereocenters. The molecule has 1 aliphatic heterocycles. The molecular formula is C12H19N3O2. The predicted molar refractivity (Wildman–Crippen MR) is 64.3 cm³/mol. The molecule has 0 saturated carbocycles. The molecule has 2 rings (SSSR count). The maximum absolute atomic E-state index is 12.0. The van der Waals surface area contributed by atoms with E-state index in [4.69, 9.17) is 10.5 Å². The monoisotopic (exact) mass is 237 g/mol. The Morgan fingerprint density at radius 2 is 2.29 bits per heavy atom. The van der Waals surface area contributed by atoms with Crippen molar-refractivity contribution in [3.63, 3.8) is 0 Å². The van der Waals surface area contributed by atoms with Gasteiger partial charge in [0.05, 0.1) is 18.6 Å². The summed E-state index contributed by atoms with van der Waals surface area (Å²) in [5.74, 6) is -0.0188. The third kappa shape index (κ3) is 2.50. The van der Waals surface area contributed by atoms with Gasteiger partial charge in [-0.1, -0.05) is 0 Å². The van der Waals surface area contributed by atoms with E-state index >= 15 is 0 Å². The molecule has 5 nitrogen and oxygen atoms in total. The highest BCUT2D eigenvalue weighted by Crippen LogP contribution is 2.26. The van der Waals surface area contributed by atoms with Gasteiger partial charge in [0, 0.05) is 31.5 Å². The second kappa shape index (κ2) is 4.89. The molecule has 1 amide bonds. The summed E-state index contributed by atoms with van der Waals surface area (Å²) >= 11 is 0. The van der Waals surface area contributed by atoms with Crippen molar-refractivity contribution in [2.75, 3.05) is 19.8 Å². The molecule has 0 aromatic carbocycles. The molecule has 94 valence electrons. The fraction of sp³-hybridized carbons (Fsp3) is 0.583. The average Bonchev–Trinajstić information content (AvgIpc) is 2.91. The number of nitrogens with two attached hydrogens (primary N) is 1. The Morgan fingerprint density at radius 3 is 2.88 bits per heavy atom. The molecule has 17 heavy (non-hydrogen) atoms. The second-order valence-corrected chi connectivity index (χ2v) is 4.72. The van der Waals surface area contributed by atoms with E-state index in [1.807, 2.05) is 36.0 Å². The van der Waals surface area contributed by atoms with Crippen LogP contribution in [0.2, 0.25) is 0 Å². The second-order valence-electron chi connectivity index (χ2n) is 4.72. The van der Waals surface area contributed by atoms with Gasteiger partial charge < -0.3 is 20.4 Å². The van der Waals surface area contributed by atoms with Crippen molar-refractivity contribution in [3.05, 3.63) is 24.5 Å². The van der Waals surface area contributed by atoms with Crippen LogP contribution in [0.1, 0.15) is 6.92 Å². The van der Waals surface area contributed by atoms with Crippen LogP contribution in [-0.4, -0.2) is 36.3 Å². The van der Waals surface area contributed by atoms with Gasteiger partial charge in [-0.3, -0.25) is 4.79 Å². The van der Waals surface area contributed by atoms with Crippen LogP contribution >= 0.6 is 0 Å². The summed E-state index contributed by atoms with van der Waals surface area (Å²) in [5, 5.41) is 2.91. The molecule has 5 heteroatoms. The van der Waals surface area contributed by atoms with Crippen LogP contribution in [0, 0.1) is 5.41 Å². The lowest BCUT2D eigenvalue weighted by Gasteiger charge is -2.25. The van der Waals surface area contributed by atoms with Crippen LogP contribution in [0.5, 0.6) is 0 Å². The number of amides is 1. The van der Waals surface area contributed by atoms with E-state index in [1.54, 1.807) is 0 Å². The molecular weight excluding hydrogens is 218 g/mol. The van der Waals surface area contributed by atoms with Crippen molar-refractivity contribution < 1.29 is 9.53 Å². The van der Waals surface area contributed by atoms with E-state index in [-0.39, 0.29) is 11.9 Å². The summed E-state index contributed by atoms with van der Waals surface area (Å²) in [5.41, 5.74) is 5.30. The Bertz CT molecular complexity index is 377. The molecule has 1 aromatic rings. The quantitative estimate of drug-likeness (QED) is 0.772. The molecule has 1 aromatic heterocycles. The average molecular weight is 237 g/mol. The molecule has 0 spiro atoms. The first-order valence-electron chi connectivity index (χ1n) is 5.85. The summed E-state index contributed by atoms with van der Waals surface area (Å²) < 4.78 is 7.28. The Hall–Kier alpha value is -1.33. The van der Waals surface area contributed by atoms with Gasteiger partial charge in [-0.2, -0.15) is 0 Å². The van der Waals surface area contributed by atoms with Gasteiger partial charge in [0.2, 0.25) is 5.91 Å².